The fraction of sp³-hybridized carbons (Fsp3) is 0.231. The molecule has 0 saturated heterocycles. The van der Waals surface area contributed by atoms with Crippen molar-refractivity contribution >= 4 is 5.82 Å². The fourth-order valence-electron chi connectivity index (χ4n) is 1.57. The third-order valence-electron chi connectivity index (χ3n) is 2.42. The molecule has 6 heteroatoms. The summed E-state index contributed by atoms with van der Waals surface area (Å²) in [7, 11) is 0. The van der Waals surface area contributed by atoms with Gasteiger partial charge in [-0.25, -0.2) is 9.97 Å². The Morgan fingerprint density at radius 1 is 1.11 bits per heavy atom. The molecule has 2 rings (SSSR count). The molecule has 1 aromatic heterocycles. The summed E-state index contributed by atoms with van der Waals surface area (Å²) in [6.07, 6.45) is -4.53. The summed E-state index contributed by atoms with van der Waals surface area (Å²) in [6, 6.07) is 10.8. The van der Waals surface area contributed by atoms with Crippen molar-refractivity contribution in [2.45, 2.75) is 19.6 Å². The molecule has 0 aliphatic rings. The summed E-state index contributed by atoms with van der Waals surface area (Å²) < 4.78 is 37.7. The standard InChI is InChI=1S/C13H12F3N3/c1-9-7-11(19-12(18-9)13(14,15)16)17-8-10-5-3-2-4-6-10/h2-7H,8H2,1H3,(H,17,18,19). The second-order valence-electron chi connectivity index (χ2n) is 4.06. The van der Waals surface area contributed by atoms with Gasteiger partial charge in [-0.15, -0.1) is 0 Å². The Morgan fingerprint density at radius 2 is 1.79 bits per heavy atom. The van der Waals surface area contributed by atoms with Crippen LogP contribution in [0.5, 0.6) is 0 Å². The van der Waals surface area contributed by atoms with Crippen molar-refractivity contribution < 1.29 is 13.2 Å². The number of aromatic nitrogens is 2. The number of hydrogen-bond donors (Lipinski definition) is 1. The Bertz CT molecular complexity index is 553. The van der Waals surface area contributed by atoms with Crippen LogP contribution in [-0.4, -0.2) is 9.97 Å². The van der Waals surface area contributed by atoms with Crippen LogP contribution >= 0.6 is 0 Å². The van der Waals surface area contributed by atoms with Gasteiger partial charge in [0.1, 0.15) is 5.82 Å². The third kappa shape index (κ3) is 3.67. The van der Waals surface area contributed by atoms with E-state index in [1.807, 2.05) is 30.3 Å². The smallest absolute Gasteiger partial charge is 0.366 e. The Kier molecular flexibility index (Phi) is 3.69. The lowest BCUT2D eigenvalue weighted by Gasteiger charge is -2.10. The van der Waals surface area contributed by atoms with E-state index in [2.05, 4.69) is 15.3 Å². The number of hydrogen-bond acceptors (Lipinski definition) is 3. The molecule has 0 atom stereocenters. The highest BCUT2D eigenvalue weighted by Crippen LogP contribution is 2.27. The molecule has 0 aliphatic carbocycles. The van der Waals surface area contributed by atoms with E-state index in [1.54, 1.807) is 0 Å². The quantitative estimate of drug-likeness (QED) is 0.926. The molecule has 1 heterocycles. The highest BCUT2D eigenvalue weighted by atomic mass is 19.4. The molecule has 0 bridgehead atoms. The number of benzene rings is 1. The number of alkyl halides is 3. The van der Waals surface area contributed by atoms with Crippen LogP contribution in [0, 0.1) is 6.92 Å². The lowest BCUT2D eigenvalue weighted by molar-refractivity contribution is -0.145. The van der Waals surface area contributed by atoms with Crippen LogP contribution in [0.4, 0.5) is 19.0 Å². The number of nitrogens with zero attached hydrogens (tertiary/aromatic N) is 2. The zero-order chi connectivity index (χ0) is 13.9. The molecule has 2 aromatic rings. The summed E-state index contributed by atoms with van der Waals surface area (Å²) in [5, 5.41) is 2.86. The Morgan fingerprint density at radius 3 is 2.42 bits per heavy atom. The maximum atomic E-state index is 12.6. The fourth-order valence-corrected chi connectivity index (χ4v) is 1.57. The summed E-state index contributed by atoms with van der Waals surface area (Å²) in [5.74, 6) is -0.952. The minimum absolute atomic E-state index is 0.170. The van der Waals surface area contributed by atoms with Gasteiger partial charge in [-0.3, -0.25) is 0 Å². The van der Waals surface area contributed by atoms with Gasteiger partial charge in [-0.1, -0.05) is 30.3 Å². The Balaban J connectivity index is 2.15. The number of nitrogens with one attached hydrogen (secondary N) is 1. The monoisotopic (exact) mass is 267 g/mol. The van der Waals surface area contributed by atoms with Crippen molar-refractivity contribution in [1.29, 1.82) is 0 Å². The van der Waals surface area contributed by atoms with Crippen LogP contribution in [-0.2, 0) is 12.7 Å². The first-order valence-corrected chi connectivity index (χ1v) is 5.66. The van der Waals surface area contributed by atoms with Crippen LogP contribution in [0.1, 0.15) is 17.1 Å². The topological polar surface area (TPSA) is 37.8 Å². The van der Waals surface area contributed by atoms with E-state index in [0.717, 1.165) is 5.56 Å². The maximum absolute atomic E-state index is 12.6. The Labute approximate surface area is 108 Å². The van der Waals surface area contributed by atoms with Gasteiger partial charge in [0.2, 0.25) is 5.82 Å². The largest absolute Gasteiger partial charge is 0.451 e. The van der Waals surface area contributed by atoms with Crippen molar-refractivity contribution in [2.24, 2.45) is 0 Å². The van der Waals surface area contributed by atoms with Gasteiger partial charge in [0, 0.05) is 18.3 Å². The molecule has 0 fully saturated rings. The first-order chi connectivity index (χ1) is 8.95. The van der Waals surface area contributed by atoms with Crippen LogP contribution in [0.25, 0.3) is 0 Å². The first-order valence-electron chi connectivity index (χ1n) is 5.66. The van der Waals surface area contributed by atoms with Gasteiger partial charge in [0.25, 0.3) is 0 Å². The van der Waals surface area contributed by atoms with Gasteiger partial charge < -0.3 is 5.32 Å². The summed E-state index contributed by atoms with van der Waals surface area (Å²) in [4.78, 5) is 6.86. The minimum Gasteiger partial charge on any atom is -0.366 e. The predicted octanol–water partition coefficient (Wildman–Crippen LogP) is 3.42. The summed E-state index contributed by atoms with van der Waals surface area (Å²) in [6.45, 7) is 1.92. The first kappa shape index (κ1) is 13.3. The van der Waals surface area contributed by atoms with Gasteiger partial charge in [0.15, 0.2) is 0 Å². The minimum atomic E-state index is -4.53. The lowest BCUT2D eigenvalue weighted by Crippen LogP contribution is -2.14. The number of aryl methyl sites for hydroxylation is 1. The number of halogens is 3. The van der Waals surface area contributed by atoms with Crippen molar-refractivity contribution in [3.63, 3.8) is 0 Å². The molecule has 1 N–H and O–H groups in total. The normalized spacial score (nSPS) is 11.4. The molecule has 0 spiro atoms. The van der Waals surface area contributed by atoms with Crippen molar-refractivity contribution in [1.82, 2.24) is 9.97 Å². The average molecular weight is 267 g/mol. The van der Waals surface area contributed by atoms with E-state index >= 15 is 0 Å². The summed E-state index contributed by atoms with van der Waals surface area (Å²) in [5.41, 5.74) is 1.24. The molecule has 0 saturated carbocycles. The maximum Gasteiger partial charge on any atom is 0.451 e. The summed E-state index contributed by atoms with van der Waals surface area (Å²) >= 11 is 0. The second kappa shape index (κ2) is 5.26. The molecule has 0 unspecified atom stereocenters. The molecular formula is C13H12F3N3. The van der Waals surface area contributed by atoms with Crippen molar-refractivity contribution in [3.05, 3.63) is 53.5 Å². The van der Waals surface area contributed by atoms with Gasteiger partial charge in [-0.2, -0.15) is 13.2 Å². The van der Waals surface area contributed by atoms with Gasteiger partial charge in [-0.05, 0) is 12.5 Å². The highest BCUT2D eigenvalue weighted by molar-refractivity contribution is 5.37. The van der Waals surface area contributed by atoms with Crippen molar-refractivity contribution in [2.75, 3.05) is 5.32 Å². The van der Waals surface area contributed by atoms with E-state index in [1.165, 1.54) is 13.0 Å². The van der Waals surface area contributed by atoms with Crippen LogP contribution in [0.2, 0.25) is 0 Å². The Hall–Kier alpha value is -2.11. The third-order valence-corrected chi connectivity index (χ3v) is 2.42. The second-order valence-corrected chi connectivity index (χ2v) is 4.06. The van der Waals surface area contributed by atoms with Crippen LogP contribution in [0.3, 0.4) is 0 Å². The van der Waals surface area contributed by atoms with E-state index in [0.29, 0.717) is 6.54 Å². The lowest BCUT2D eigenvalue weighted by atomic mass is 10.2. The molecule has 0 radical (unpaired) electrons. The highest BCUT2D eigenvalue weighted by Gasteiger charge is 2.35. The van der Waals surface area contributed by atoms with Crippen LogP contribution in [0.15, 0.2) is 36.4 Å². The SMILES string of the molecule is Cc1cc(NCc2ccccc2)nc(C(F)(F)F)n1. The predicted molar refractivity (Wildman–Crippen MR) is 65.5 cm³/mol. The van der Waals surface area contributed by atoms with Crippen molar-refractivity contribution in [3.8, 4) is 0 Å². The molecule has 0 aliphatic heterocycles. The number of rotatable bonds is 3. The van der Waals surface area contributed by atoms with E-state index in [-0.39, 0.29) is 11.5 Å². The molecule has 1 aromatic carbocycles. The van der Waals surface area contributed by atoms with Gasteiger partial charge >= 0.3 is 6.18 Å². The van der Waals surface area contributed by atoms with Gasteiger partial charge in [0.05, 0.1) is 0 Å². The molecule has 3 nitrogen and oxygen atoms in total. The van der Waals surface area contributed by atoms with Crippen LogP contribution < -0.4 is 5.32 Å². The molecule has 100 valence electrons. The zero-order valence-electron chi connectivity index (χ0n) is 10.2. The molecule has 19 heavy (non-hydrogen) atoms. The molecule has 0 amide bonds. The average Bonchev–Trinajstić information content (AvgIpc) is 2.36. The van der Waals surface area contributed by atoms with E-state index in [4.69, 9.17) is 0 Å². The molecular weight excluding hydrogens is 255 g/mol. The van der Waals surface area contributed by atoms with E-state index in [9.17, 15) is 13.2 Å². The zero-order valence-corrected chi connectivity index (χ0v) is 10.2. The number of anilines is 1. The van der Waals surface area contributed by atoms with E-state index < -0.39 is 12.0 Å².